The van der Waals surface area contributed by atoms with Gasteiger partial charge in [0.05, 0.1) is 88.2 Å². The largest absolute Gasteiger partial charge is 0.481 e. The number of carbonyl (C=O) groups excluding carboxylic acids is 2. The van der Waals surface area contributed by atoms with E-state index in [1.54, 1.807) is 0 Å². The average Bonchev–Trinajstić information content (AvgIpc) is 3.57. The number of esters is 2. The Kier molecular flexibility index (Phi) is 27.8. The van der Waals surface area contributed by atoms with Crippen molar-refractivity contribution < 1.29 is 99.2 Å². The number of carboxylic acids is 4. The quantitative estimate of drug-likeness (QED) is 0.00710. The summed E-state index contributed by atoms with van der Waals surface area (Å²) in [5.41, 5.74) is 23.4. The highest BCUT2D eigenvalue weighted by Crippen LogP contribution is 2.21. The number of nitrogens with one attached hydrogen (secondary N) is 2. The standard InChI is InChI=1S/C50H64N10O21S2/c51-49(52)57-37-10-6-35(7-11-37)47(69)80-39-14-2-33(3-15-39)30-55-82(71,72)59(41(45(65)66)28-43(61)62)18-21-76-23-25-78-27-26-77-24-22-75-19-1-20-79-32-60(42(46(67)68)29-44(63)64)83(73,74)56-31-34-4-16-40(17-5-34)81-48(70)36-8-12-38(13-9-36)58-50(53)54/h2-17,41-42,55-56H,1,18-32H2,(H,61,62)(H,63,64)(H,65,66)(H,67,68)(H4,51,52,57)(H4,53,54,58). The molecule has 14 N–H and O–H groups in total. The van der Waals surface area contributed by atoms with Crippen LogP contribution in [-0.2, 0) is 76.4 Å². The van der Waals surface area contributed by atoms with Crippen LogP contribution in [0.3, 0.4) is 0 Å². The summed E-state index contributed by atoms with van der Waals surface area (Å²) in [5, 5.41) is 38.3. The molecule has 452 valence electrons. The molecule has 0 heterocycles. The fourth-order valence-corrected chi connectivity index (χ4v) is 9.46. The van der Waals surface area contributed by atoms with Crippen LogP contribution in [0.15, 0.2) is 107 Å². The maximum absolute atomic E-state index is 13.4. The zero-order valence-electron chi connectivity index (χ0n) is 44.3. The number of ether oxygens (including phenoxy) is 7. The van der Waals surface area contributed by atoms with E-state index < -0.39 is 94.4 Å². The lowest BCUT2D eigenvalue weighted by Crippen LogP contribution is -2.51. The summed E-state index contributed by atoms with van der Waals surface area (Å²) in [7, 11) is -9.31. The van der Waals surface area contributed by atoms with Gasteiger partial charge in [0.25, 0.3) is 20.4 Å². The van der Waals surface area contributed by atoms with Gasteiger partial charge in [-0.15, -0.1) is 4.31 Å². The van der Waals surface area contributed by atoms with E-state index in [2.05, 4.69) is 19.4 Å². The molecule has 0 aliphatic rings. The number of guanidine groups is 2. The van der Waals surface area contributed by atoms with Crippen molar-refractivity contribution in [2.75, 3.05) is 72.7 Å². The number of carbonyl (C=O) groups is 6. The number of nitrogens with two attached hydrogens (primary N) is 4. The van der Waals surface area contributed by atoms with Crippen molar-refractivity contribution in [3.63, 3.8) is 0 Å². The zero-order valence-corrected chi connectivity index (χ0v) is 46.0. The maximum atomic E-state index is 13.4. The minimum Gasteiger partial charge on any atom is -0.481 e. The minimum atomic E-state index is -4.68. The fourth-order valence-electron chi connectivity index (χ4n) is 6.90. The molecule has 0 aliphatic heterocycles. The molecule has 0 aliphatic carbocycles. The van der Waals surface area contributed by atoms with Crippen LogP contribution in [-0.4, -0.2) is 178 Å². The average molecular weight is 1210 g/mol. The number of rotatable bonds is 40. The second-order valence-corrected chi connectivity index (χ2v) is 20.5. The summed E-state index contributed by atoms with van der Waals surface area (Å²) in [5.74, 6) is -8.03. The van der Waals surface area contributed by atoms with E-state index in [1.807, 2.05) is 0 Å². The predicted molar refractivity (Wildman–Crippen MR) is 293 cm³/mol. The van der Waals surface area contributed by atoms with Crippen LogP contribution in [0.2, 0.25) is 0 Å². The Morgan fingerprint density at radius 3 is 1.19 bits per heavy atom. The SMILES string of the molecule is NC(N)=Nc1ccc(C(=O)Oc2ccc(CNS(=O)(=O)N(CCOCCOCCOCCOCCCOCN(C(CC(=O)O)C(=O)O)S(=O)(=O)NCc3ccc(OC(=O)c4ccc(N=C(N)N)cc4)cc3)C(CC(=O)O)C(=O)O)cc2)cc1. The van der Waals surface area contributed by atoms with Crippen molar-refractivity contribution in [3.8, 4) is 11.5 Å². The summed E-state index contributed by atoms with van der Waals surface area (Å²) in [6.45, 7) is -1.95. The summed E-state index contributed by atoms with van der Waals surface area (Å²) >= 11 is 0. The summed E-state index contributed by atoms with van der Waals surface area (Å²) in [6.07, 6.45) is -1.91. The van der Waals surface area contributed by atoms with Crippen molar-refractivity contribution in [1.82, 2.24) is 18.1 Å². The first kappa shape index (κ1) is 67.3. The zero-order chi connectivity index (χ0) is 61.0. The molecule has 0 fully saturated rings. The molecule has 4 rings (SSSR count). The number of aliphatic carboxylic acids is 4. The van der Waals surface area contributed by atoms with E-state index in [0.717, 1.165) is 0 Å². The Hall–Kier alpha value is -8.22. The summed E-state index contributed by atoms with van der Waals surface area (Å²) < 4.78 is 96.9. The van der Waals surface area contributed by atoms with Gasteiger partial charge < -0.3 is 76.5 Å². The van der Waals surface area contributed by atoms with Gasteiger partial charge in [-0.1, -0.05) is 24.3 Å². The van der Waals surface area contributed by atoms with Crippen LogP contribution in [0.5, 0.6) is 11.5 Å². The number of nitrogens with zero attached hydrogens (tertiary/aromatic N) is 4. The normalized spacial score (nSPS) is 12.3. The number of carboxylic acid groups (broad SMARTS) is 4. The number of aliphatic imine (C=N–C) groups is 2. The molecule has 0 bridgehead atoms. The fraction of sp³-hybridized carbons (Fsp3) is 0.360. The molecular weight excluding hydrogens is 1140 g/mol. The third-order valence-electron chi connectivity index (χ3n) is 10.9. The van der Waals surface area contributed by atoms with Gasteiger partial charge >= 0.3 is 35.8 Å². The van der Waals surface area contributed by atoms with Gasteiger partial charge in [0.15, 0.2) is 11.9 Å². The topological polar surface area (TPSA) is 476 Å². The van der Waals surface area contributed by atoms with E-state index in [9.17, 15) is 66.0 Å². The molecule has 0 spiro atoms. The molecule has 0 aromatic heterocycles. The Balaban J connectivity index is 1.11. The van der Waals surface area contributed by atoms with Gasteiger partial charge in [-0.05, 0) is 90.3 Å². The molecule has 2 unspecified atom stereocenters. The maximum Gasteiger partial charge on any atom is 0.343 e. The van der Waals surface area contributed by atoms with Gasteiger partial charge in [-0.25, -0.2) is 19.6 Å². The Morgan fingerprint density at radius 2 is 0.819 bits per heavy atom. The van der Waals surface area contributed by atoms with Gasteiger partial charge in [0, 0.05) is 26.2 Å². The molecular formula is C50H64N10O21S2. The van der Waals surface area contributed by atoms with Gasteiger partial charge in [0.2, 0.25) is 0 Å². The van der Waals surface area contributed by atoms with Crippen molar-refractivity contribution in [2.24, 2.45) is 32.9 Å². The Bertz CT molecular complexity index is 2850. The molecule has 0 saturated heterocycles. The van der Waals surface area contributed by atoms with Crippen LogP contribution >= 0.6 is 0 Å². The second-order valence-electron chi connectivity index (χ2n) is 17.1. The molecule has 33 heteroatoms. The van der Waals surface area contributed by atoms with Crippen molar-refractivity contribution >= 4 is 79.5 Å². The van der Waals surface area contributed by atoms with Gasteiger partial charge in [-0.3, -0.25) is 19.2 Å². The van der Waals surface area contributed by atoms with E-state index >= 15 is 0 Å². The third kappa shape index (κ3) is 24.8. The highest BCUT2D eigenvalue weighted by molar-refractivity contribution is 7.87. The molecule has 0 saturated carbocycles. The first-order valence-electron chi connectivity index (χ1n) is 24.8. The first-order valence-corrected chi connectivity index (χ1v) is 27.6. The molecule has 31 nitrogen and oxygen atoms in total. The van der Waals surface area contributed by atoms with Crippen LogP contribution in [0.4, 0.5) is 11.4 Å². The lowest BCUT2D eigenvalue weighted by molar-refractivity contribution is -0.149. The lowest BCUT2D eigenvalue weighted by Gasteiger charge is -2.27. The van der Waals surface area contributed by atoms with E-state index in [4.69, 9.17) is 56.1 Å². The minimum absolute atomic E-state index is 0.0218. The van der Waals surface area contributed by atoms with Crippen LogP contribution < -0.4 is 41.9 Å². The summed E-state index contributed by atoms with van der Waals surface area (Å²) in [6, 6.07) is 19.2. The van der Waals surface area contributed by atoms with Crippen LogP contribution in [0, 0.1) is 0 Å². The van der Waals surface area contributed by atoms with Crippen molar-refractivity contribution in [1.29, 1.82) is 0 Å². The molecule has 83 heavy (non-hydrogen) atoms. The highest BCUT2D eigenvalue weighted by Gasteiger charge is 2.38. The van der Waals surface area contributed by atoms with Crippen molar-refractivity contribution in [2.45, 2.75) is 44.4 Å². The smallest absolute Gasteiger partial charge is 0.343 e. The van der Waals surface area contributed by atoms with Crippen LogP contribution in [0.25, 0.3) is 0 Å². The Morgan fingerprint density at radius 1 is 0.470 bits per heavy atom. The van der Waals surface area contributed by atoms with E-state index in [1.165, 1.54) is 97.1 Å². The third-order valence-corrected chi connectivity index (χ3v) is 13.9. The monoisotopic (exact) mass is 1200 g/mol. The molecule has 2 atom stereocenters. The number of hydrogen-bond acceptors (Lipinski definition) is 19. The van der Waals surface area contributed by atoms with Crippen LogP contribution in [0.1, 0.15) is 51.1 Å². The molecule has 0 amide bonds. The molecule has 4 aromatic carbocycles. The van der Waals surface area contributed by atoms with E-state index in [0.29, 0.717) is 31.1 Å². The first-order chi connectivity index (χ1) is 39.4. The second kappa shape index (κ2) is 34.3. The predicted octanol–water partition coefficient (Wildman–Crippen LogP) is 0.194. The molecule has 4 aromatic rings. The lowest BCUT2D eigenvalue weighted by atomic mass is 10.2. The van der Waals surface area contributed by atoms with E-state index in [-0.39, 0.29) is 114 Å². The Labute approximate surface area is 476 Å². The number of hydrogen-bond donors (Lipinski definition) is 10. The highest BCUT2D eigenvalue weighted by atomic mass is 32.2. The number of benzene rings is 4. The van der Waals surface area contributed by atoms with Gasteiger partial charge in [-0.2, -0.15) is 30.6 Å². The van der Waals surface area contributed by atoms with Gasteiger partial charge in [0.1, 0.15) is 30.3 Å². The molecule has 0 radical (unpaired) electrons. The van der Waals surface area contributed by atoms with Crippen molar-refractivity contribution in [3.05, 3.63) is 119 Å². The summed E-state index contributed by atoms with van der Waals surface area (Å²) in [4.78, 5) is 80.1.